The summed E-state index contributed by atoms with van der Waals surface area (Å²) in [5.41, 5.74) is 3.54. The highest BCUT2D eigenvalue weighted by Gasteiger charge is 2.33. The van der Waals surface area contributed by atoms with Crippen LogP contribution in [0.2, 0.25) is 0 Å². The van der Waals surface area contributed by atoms with Gasteiger partial charge < -0.3 is 0 Å². The van der Waals surface area contributed by atoms with Gasteiger partial charge in [-0.05, 0) is 29.8 Å². The van der Waals surface area contributed by atoms with Gasteiger partial charge in [0, 0.05) is 23.4 Å². The molecule has 1 aliphatic heterocycles. The highest BCUT2D eigenvalue weighted by Crippen LogP contribution is 2.42. The largest absolute Gasteiger partial charge is 0.276 e. The number of rotatable bonds is 3. The highest BCUT2D eigenvalue weighted by molar-refractivity contribution is 6.37. The SMILES string of the molecule is O=C1/C(=C/c2cccc([N+](=O)[O-])c2)c2ccccc2N1c1ccccc1. The van der Waals surface area contributed by atoms with E-state index in [1.807, 2.05) is 54.6 Å². The molecular weight excluding hydrogens is 328 g/mol. The van der Waals surface area contributed by atoms with Gasteiger partial charge in [-0.15, -0.1) is 0 Å². The van der Waals surface area contributed by atoms with Crippen LogP contribution >= 0.6 is 0 Å². The van der Waals surface area contributed by atoms with Crippen LogP contribution in [0.25, 0.3) is 11.6 Å². The van der Waals surface area contributed by atoms with Gasteiger partial charge in [0.05, 0.1) is 16.2 Å². The molecule has 0 N–H and O–H groups in total. The quantitative estimate of drug-likeness (QED) is 0.390. The van der Waals surface area contributed by atoms with Gasteiger partial charge in [-0.3, -0.25) is 19.8 Å². The fraction of sp³-hybridized carbons (Fsp3) is 0. The monoisotopic (exact) mass is 342 g/mol. The zero-order valence-electron chi connectivity index (χ0n) is 13.7. The lowest BCUT2D eigenvalue weighted by atomic mass is 10.0. The lowest BCUT2D eigenvalue weighted by Crippen LogP contribution is -2.20. The number of anilines is 2. The molecule has 4 rings (SSSR count). The summed E-state index contributed by atoms with van der Waals surface area (Å²) < 4.78 is 0. The van der Waals surface area contributed by atoms with Gasteiger partial charge >= 0.3 is 0 Å². The minimum absolute atomic E-state index is 0.00186. The Hall–Kier alpha value is -3.73. The minimum Gasteiger partial charge on any atom is -0.276 e. The Kier molecular flexibility index (Phi) is 3.82. The molecule has 3 aromatic carbocycles. The van der Waals surface area contributed by atoms with E-state index < -0.39 is 4.92 Å². The van der Waals surface area contributed by atoms with Crippen LogP contribution in [-0.4, -0.2) is 10.8 Å². The molecule has 0 saturated carbocycles. The van der Waals surface area contributed by atoms with Gasteiger partial charge in [-0.25, -0.2) is 0 Å². The summed E-state index contributed by atoms with van der Waals surface area (Å²) in [6, 6.07) is 23.2. The summed E-state index contributed by atoms with van der Waals surface area (Å²) >= 11 is 0. The Labute approximate surface area is 150 Å². The first-order valence-corrected chi connectivity index (χ1v) is 8.10. The summed E-state index contributed by atoms with van der Waals surface area (Å²) in [6.45, 7) is 0. The summed E-state index contributed by atoms with van der Waals surface area (Å²) in [5.74, 6) is -0.149. The highest BCUT2D eigenvalue weighted by atomic mass is 16.6. The maximum Gasteiger partial charge on any atom is 0.270 e. The van der Waals surface area contributed by atoms with Gasteiger partial charge in [0.25, 0.3) is 11.6 Å². The van der Waals surface area contributed by atoms with Crippen LogP contribution in [0.1, 0.15) is 11.1 Å². The number of hydrogen-bond acceptors (Lipinski definition) is 3. The van der Waals surface area contributed by atoms with Crippen LogP contribution in [0, 0.1) is 10.1 Å². The van der Waals surface area contributed by atoms with E-state index in [4.69, 9.17) is 0 Å². The van der Waals surface area contributed by atoms with Crippen molar-refractivity contribution < 1.29 is 9.72 Å². The van der Waals surface area contributed by atoms with Crippen molar-refractivity contribution in [3.05, 3.63) is 100 Å². The number of hydrogen-bond donors (Lipinski definition) is 0. The molecule has 3 aromatic rings. The van der Waals surface area contributed by atoms with Crippen LogP contribution < -0.4 is 4.90 Å². The number of carbonyl (C=O) groups is 1. The average Bonchev–Trinajstić information content (AvgIpc) is 2.94. The molecular formula is C21H14N2O3. The third-order valence-corrected chi connectivity index (χ3v) is 4.28. The van der Waals surface area contributed by atoms with Gasteiger partial charge in [-0.2, -0.15) is 0 Å². The van der Waals surface area contributed by atoms with Gasteiger partial charge in [0.1, 0.15) is 0 Å². The molecule has 0 atom stereocenters. The molecule has 26 heavy (non-hydrogen) atoms. The molecule has 1 amide bonds. The van der Waals surface area contributed by atoms with E-state index >= 15 is 0 Å². The standard InChI is InChI=1S/C21H14N2O3/c24-21-19(14-15-7-6-10-17(13-15)23(25)26)18-11-4-5-12-20(18)22(21)16-8-2-1-3-9-16/h1-14H/b19-14+. The first kappa shape index (κ1) is 15.8. The van der Waals surface area contributed by atoms with Crippen molar-refractivity contribution in [3.8, 4) is 0 Å². The number of nitro groups is 1. The fourth-order valence-corrected chi connectivity index (χ4v) is 3.11. The molecule has 0 spiro atoms. The first-order valence-electron chi connectivity index (χ1n) is 8.10. The second kappa shape index (κ2) is 6.29. The number of benzene rings is 3. The zero-order chi connectivity index (χ0) is 18.1. The summed E-state index contributed by atoms with van der Waals surface area (Å²) in [6.07, 6.45) is 1.71. The smallest absolute Gasteiger partial charge is 0.270 e. The number of para-hydroxylation sites is 2. The summed E-state index contributed by atoms with van der Waals surface area (Å²) in [4.78, 5) is 25.3. The van der Waals surface area contributed by atoms with Crippen LogP contribution in [0.5, 0.6) is 0 Å². The normalized spacial score (nSPS) is 14.5. The van der Waals surface area contributed by atoms with E-state index in [1.54, 1.807) is 23.1 Å². The summed E-state index contributed by atoms with van der Waals surface area (Å²) in [7, 11) is 0. The molecule has 0 aliphatic carbocycles. The summed E-state index contributed by atoms with van der Waals surface area (Å²) in [5, 5.41) is 11.0. The molecule has 0 fully saturated rings. The molecule has 0 saturated heterocycles. The van der Waals surface area contributed by atoms with E-state index in [-0.39, 0.29) is 11.6 Å². The molecule has 1 heterocycles. The first-order chi connectivity index (χ1) is 12.6. The molecule has 126 valence electrons. The van der Waals surface area contributed by atoms with Crippen molar-refractivity contribution >= 4 is 34.6 Å². The number of fused-ring (bicyclic) bond motifs is 1. The Morgan fingerprint density at radius 1 is 0.885 bits per heavy atom. The second-order valence-electron chi connectivity index (χ2n) is 5.90. The molecule has 0 unspecified atom stereocenters. The molecule has 5 heteroatoms. The van der Waals surface area contributed by atoms with Crippen LogP contribution in [0.3, 0.4) is 0 Å². The predicted octanol–water partition coefficient (Wildman–Crippen LogP) is 4.81. The maximum atomic E-state index is 13.1. The number of amides is 1. The van der Waals surface area contributed by atoms with E-state index in [1.165, 1.54) is 12.1 Å². The second-order valence-corrected chi connectivity index (χ2v) is 5.90. The number of non-ortho nitro benzene ring substituents is 1. The van der Waals surface area contributed by atoms with Gasteiger partial charge in [0.2, 0.25) is 0 Å². The topological polar surface area (TPSA) is 63.4 Å². The molecule has 1 aliphatic rings. The van der Waals surface area contributed by atoms with Crippen molar-refractivity contribution in [3.63, 3.8) is 0 Å². The Bertz CT molecular complexity index is 1040. The van der Waals surface area contributed by atoms with Gasteiger partial charge in [-0.1, -0.05) is 48.5 Å². The van der Waals surface area contributed by atoms with Crippen LogP contribution in [-0.2, 0) is 4.79 Å². The molecule has 0 radical (unpaired) electrons. The molecule has 0 bridgehead atoms. The molecule has 5 nitrogen and oxygen atoms in total. The number of carbonyl (C=O) groups excluding carboxylic acids is 1. The lowest BCUT2D eigenvalue weighted by Gasteiger charge is -2.16. The Morgan fingerprint density at radius 3 is 2.38 bits per heavy atom. The Balaban J connectivity index is 1.84. The van der Waals surface area contributed by atoms with E-state index in [0.717, 1.165) is 16.9 Å². The fourth-order valence-electron chi connectivity index (χ4n) is 3.11. The van der Waals surface area contributed by atoms with Crippen molar-refractivity contribution in [2.75, 3.05) is 4.90 Å². The lowest BCUT2D eigenvalue weighted by molar-refractivity contribution is -0.384. The van der Waals surface area contributed by atoms with Crippen molar-refractivity contribution in [2.45, 2.75) is 0 Å². The average molecular weight is 342 g/mol. The van der Waals surface area contributed by atoms with Crippen LogP contribution in [0.15, 0.2) is 78.9 Å². The van der Waals surface area contributed by atoms with Crippen molar-refractivity contribution in [1.29, 1.82) is 0 Å². The van der Waals surface area contributed by atoms with E-state index in [9.17, 15) is 14.9 Å². The van der Waals surface area contributed by atoms with Gasteiger partial charge in [0.15, 0.2) is 0 Å². The Morgan fingerprint density at radius 2 is 1.62 bits per heavy atom. The van der Waals surface area contributed by atoms with Crippen LogP contribution in [0.4, 0.5) is 17.1 Å². The number of nitro benzene ring substituents is 1. The van der Waals surface area contributed by atoms with E-state index in [2.05, 4.69) is 0 Å². The number of nitrogens with zero attached hydrogens (tertiary/aromatic N) is 2. The molecule has 0 aromatic heterocycles. The van der Waals surface area contributed by atoms with Crippen molar-refractivity contribution in [1.82, 2.24) is 0 Å². The predicted molar refractivity (Wildman–Crippen MR) is 101 cm³/mol. The zero-order valence-corrected chi connectivity index (χ0v) is 13.7. The minimum atomic E-state index is -0.442. The van der Waals surface area contributed by atoms with E-state index in [0.29, 0.717) is 11.1 Å². The maximum absolute atomic E-state index is 13.1. The third kappa shape index (κ3) is 2.65. The third-order valence-electron chi connectivity index (χ3n) is 4.28. The van der Waals surface area contributed by atoms with Crippen molar-refractivity contribution in [2.24, 2.45) is 0 Å².